The van der Waals surface area contributed by atoms with Gasteiger partial charge in [0.1, 0.15) is 0 Å². The topological polar surface area (TPSA) is 52.7 Å². The van der Waals surface area contributed by atoms with E-state index in [0.717, 1.165) is 43.2 Å². The van der Waals surface area contributed by atoms with E-state index in [1.807, 2.05) is 29.2 Å². The Bertz CT molecular complexity index is 938. The lowest BCUT2D eigenvalue weighted by molar-refractivity contribution is -0.126. The first kappa shape index (κ1) is 23.0. The summed E-state index contributed by atoms with van der Waals surface area (Å²) in [5.41, 5.74) is 3.56. The largest absolute Gasteiger partial charge is 0.354 e. The summed E-state index contributed by atoms with van der Waals surface area (Å²) in [6.07, 6.45) is 3.54. The number of amides is 2. The molecular weight excluding hydrogens is 466 g/mol. The first-order valence-corrected chi connectivity index (χ1v) is 12.5. The van der Waals surface area contributed by atoms with Crippen LogP contribution in [0.3, 0.4) is 0 Å². The van der Waals surface area contributed by atoms with Crippen molar-refractivity contribution < 1.29 is 9.59 Å². The summed E-state index contributed by atoms with van der Waals surface area (Å²) < 4.78 is 0.962. The van der Waals surface area contributed by atoms with Crippen LogP contribution in [0.4, 0.5) is 0 Å². The number of hydrogen-bond acceptors (Lipinski definition) is 3. The zero-order valence-corrected chi connectivity index (χ0v) is 20.3. The number of carbonyl (C=O) groups is 2. The van der Waals surface area contributed by atoms with Crippen LogP contribution in [0.5, 0.6) is 0 Å². The van der Waals surface area contributed by atoms with Gasteiger partial charge in [-0.3, -0.25) is 14.5 Å². The number of fused-ring (bicyclic) bond motifs is 1. The second-order valence-electron chi connectivity index (χ2n) is 8.87. The van der Waals surface area contributed by atoms with Crippen molar-refractivity contribution in [2.45, 2.75) is 45.2 Å². The van der Waals surface area contributed by atoms with E-state index < -0.39 is 0 Å². The van der Waals surface area contributed by atoms with Crippen LogP contribution in [-0.4, -0.2) is 53.8 Å². The minimum Gasteiger partial charge on any atom is -0.354 e. The third kappa shape index (κ3) is 5.41. The molecule has 2 amide bonds. The maximum Gasteiger partial charge on any atom is 0.253 e. The van der Waals surface area contributed by atoms with Gasteiger partial charge in [-0.1, -0.05) is 47.1 Å². The van der Waals surface area contributed by atoms with Gasteiger partial charge in [0.15, 0.2) is 0 Å². The predicted molar refractivity (Wildman–Crippen MR) is 130 cm³/mol. The summed E-state index contributed by atoms with van der Waals surface area (Å²) >= 11 is 3.40. The molecule has 2 heterocycles. The number of rotatable bonds is 6. The summed E-state index contributed by atoms with van der Waals surface area (Å²) in [6.45, 7) is 6.16. The van der Waals surface area contributed by atoms with Gasteiger partial charge in [0.25, 0.3) is 5.91 Å². The van der Waals surface area contributed by atoms with Gasteiger partial charge < -0.3 is 10.2 Å². The minimum atomic E-state index is -0.0106. The smallest absolute Gasteiger partial charge is 0.253 e. The fourth-order valence-corrected chi connectivity index (χ4v) is 5.11. The molecule has 6 heteroatoms. The van der Waals surface area contributed by atoms with Crippen molar-refractivity contribution >= 4 is 27.7 Å². The zero-order chi connectivity index (χ0) is 22.5. The molecule has 2 aromatic rings. The zero-order valence-electron chi connectivity index (χ0n) is 18.7. The maximum absolute atomic E-state index is 12.8. The summed E-state index contributed by atoms with van der Waals surface area (Å²) in [5, 5.41) is 3.22. The van der Waals surface area contributed by atoms with Crippen molar-refractivity contribution in [1.82, 2.24) is 15.1 Å². The molecule has 4 rings (SSSR count). The van der Waals surface area contributed by atoms with E-state index in [9.17, 15) is 9.59 Å². The monoisotopic (exact) mass is 497 g/mol. The number of nitrogens with zero attached hydrogens (tertiary/aromatic N) is 2. The van der Waals surface area contributed by atoms with E-state index in [2.05, 4.69) is 57.3 Å². The van der Waals surface area contributed by atoms with Crippen LogP contribution in [0, 0.1) is 5.92 Å². The number of nitrogens with one attached hydrogen (secondary N) is 1. The highest BCUT2D eigenvalue weighted by Gasteiger charge is 2.29. The number of hydrogen-bond donors (Lipinski definition) is 1. The van der Waals surface area contributed by atoms with Gasteiger partial charge in [-0.15, -0.1) is 0 Å². The van der Waals surface area contributed by atoms with Crippen LogP contribution in [0.2, 0.25) is 0 Å². The molecule has 1 N–H and O–H groups in total. The minimum absolute atomic E-state index is 0.0106. The molecule has 2 aliphatic rings. The number of piperidine rings is 1. The fraction of sp³-hybridized carbons (Fsp3) is 0.462. The molecule has 0 aliphatic carbocycles. The Morgan fingerprint density at radius 3 is 2.41 bits per heavy atom. The fourth-order valence-electron chi connectivity index (χ4n) is 4.84. The third-order valence-electron chi connectivity index (χ3n) is 6.90. The van der Waals surface area contributed by atoms with Crippen LogP contribution in [0.15, 0.2) is 53.0 Å². The highest BCUT2D eigenvalue weighted by Crippen LogP contribution is 2.22. The lowest BCUT2D eigenvalue weighted by atomic mass is 9.95. The van der Waals surface area contributed by atoms with Crippen molar-refractivity contribution in [3.63, 3.8) is 0 Å². The lowest BCUT2D eigenvalue weighted by Crippen LogP contribution is -2.48. The van der Waals surface area contributed by atoms with Crippen molar-refractivity contribution in [1.29, 1.82) is 0 Å². The first-order chi connectivity index (χ1) is 15.5. The molecule has 170 valence electrons. The Kier molecular flexibility index (Phi) is 7.63. The predicted octanol–water partition coefficient (Wildman–Crippen LogP) is 4.25. The molecule has 5 nitrogen and oxygen atoms in total. The molecule has 0 saturated carbocycles. The molecular formula is C26H32BrN3O2. The second-order valence-corrected chi connectivity index (χ2v) is 9.79. The molecule has 0 radical (unpaired) electrons. The van der Waals surface area contributed by atoms with Gasteiger partial charge in [0.2, 0.25) is 5.91 Å². The molecule has 1 saturated heterocycles. The number of likely N-dealkylation sites (tertiary alicyclic amines) is 1. The van der Waals surface area contributed by atoms with Crippen LogP contribution in [-0.2, 0) is 17.8 Å². The van der Waals surface area contributed by atoms with Crippen LogP contribution in [0.1, 0.15) is 47.7 Å². The van der Waals surface area contributed by atoms with Crippen LogP contribution < -0.4 is 5.32 Å². The van der Waals surface area contributed by atoms with Gasteiger partial charge in [-0.2, -0.15) is 0 Å². The van der Waals surface area contributed by atoms with E-state index >= 15 is 0 Å². The number of halogens is 1. The number of carbonyl (C=O) groups excluding carboxylic acids is 2. The summed E-state index contributed by atoms with van der Waals surface area (Å²) in [6, 6.07) is 16.5. The van der Waals surface area contributed by atoms with Gasteiger partial charge >= 0.3 is 0 Å². The third-order valence-corrected chi connectivity index (χ3v) is 7.43. The van der Waals surface area contributed by atoms with Crippen molar-refractivity contribution in [3.05, 3.63) is 69.7 Å². The SMILES string of the molecule is CCC(CNC(=O)C1CCN(C(=O)c2ccc(Br)cc2)CC1)N1CCc2ccccc2C1. The summed E-state index contributed by atoms with van der Waals surface area (Å²) in [5.74, 6) is 0.174. The summed E-state index contributed by atoms with van der Waals surface area (Å²) in [4.78, 5) is 29.9. The Labute approximate surface area is 199 Å². The first-order valence-electron chi connectivity index (χ1n) is 11.7. The van der Waals surface area contributed by atoms with Crippen molar-refractivity contribution in [2.75, 3.05) is 26.2 Å². The molecule has 2 aromatic carbocycles. The Morgan fingerprint density at radius 2 is 1.72 bits per heavy atom. The van der Waals surface area contributed by atoms with Crippen LogP contribution >= 0.6 is 15.9 Å². The molecule has 0 bridgehead atoms. The van der Waals surface area contributed by atoms with E-state index in [1.54, 1.807) is 0 Å². The van der Waals surface area contributed by atoms with Gasteiger partial charge in [-0.05, 0) is 61.1 Å². The number of benzene rings is 2. The maximum atomic E-state index is 12.8. The van der Waals surface area contributed by atoms with Gasteiger partial charge in [-0.25, -0.2) is 0 Å². The Balaban J connectivity index is 1.25. The normalized spacial score (nSPS) is 18.1. The molecule has 1 unspecified atom stereocenters. The van der Waals surface area contributed by atoms with Crippen molar-refractivity contribution in [2.24, 2.45) is 5.92 Å². The van der Waals surface area contributed by atoms with E-state index in [-0.39, 0.29) is 17.7 Å². The average molecular weight is 498 g/mol. The van der Waals surface area contributed by atoms with E-state index in [0.29, 0.717) is 31.2 Å². The quantitative estimate of drug-likeness (QED) is 0.648. The van der Waals surface area contributed by atoms with Crippen LogP contribution in [0.25, 0.3) is 0 Å². The molecule has 1 fully saturated rings. The molecule has 0 aromatic heterocycles. The average Bonchev–Trinajstić information content (AvgIpc) is 2.84. The van der Waals surface area contributed by atoms with Gasteiger partial charge in [0.05, 0.1) is 0 Å². The van der Waals surface area contributed by atoms with E-state index in [4.69, 9.17) is 0 Å². The molecule has 0 spiro atoms. The van der Waals surface area contributed by atoms with E-state index in [1.165, 1.54) is 11.1 Å². The standard InChI is InChI=1S/C26H32BrN3O2/c1-2-24(30-16-11-19-5-3-4-6-22(19)18-30)17-28-25(31)20-12-14-29(15-13-20)26(32)21-7-9-23(27)10-8-21/h3-10,20,24H,2,11-18H2,1H3,(H,28,31). The molecule has 32 heavy (non-hydrogen) atoms. The van der Waals surface area contributed by atoms with Gasteiger partial charge in [0, 0.05) is 54.7 Å². The summed E-state index contributed by atoms with van der Waals surface area (Å²) in [7, 11) is 0. The molecule has 1 atom stereocenters. The van der Waals surface area contributed by atoms with Crippen molar-refractivity contribution in [3.8, 4) is 0 Å². The highest BCUT2D eigenvalue weighted by molar-refractivity contribution is 9.10. The lowest BCUT2D eigenvalue weighted by Gasteiger charge is -2.36. The Hall–Kier alpha value is -2.18. The molecule has 2 aliphatic heterocycles. The second kappa shape index (κ2) is 10.6. The highest BCUT2D eigenvalue weighted by atomic mass is 79.9. The Morgan fingerprint density at radius 1 is 1.03 bits per heavy atom.